The smallest absolute Gasteiger partial charge is 0.264 e. The number of anilines is 1. The Morgan fingerprint density at radius 3 is 2.09 bits per heavy atom. The van der Waals surface area contributed by atoms with Crippen LogP contribution in [-0.4, -0.2) is 44.8 Å². The van der Waals surface area contributed by atoms with Gasteiger partial charge in [-0.3, -0.25) is 13.9 Å². The molecule has 1 atom stereocenters. The summed E-state index contributed by atoms with van der Waals surface area (Å²) in [5, 5.41) is 2.65. The van der Waals surface area contributed by atoms with E-state index in [-0.39, 0.29) is 17.9 Å². The Balaban J connectivity index is 1.81. The number of amides is 2. The van der Waals surface area contributed by atoms with Crippen molar-refractivity contribution in [3.63, 3.8) is 0 Å². The Labute approximate surface area is 253 Å². The number of aryl methyl sites for hydroxylation is 2. The first kappa shape index (κ1) is 31.4. The summed E-state index contributed by atoms with van der Waals surface area (Å²) in [6, 6.07) is 25.7. The quantitative estimate of drug-likeness (QED) is 0.252. The summed E-state index contributed by atoms with van der Waals surface area (Å²) >= 11 is 0. The number of carbonyl (C=O) groups excluding carboxylic acids is 2. The molecular weight excluding hydrogens is 565 g/mol. The Kier molecular flexibility index (Phi) is 9.98. The molecule has 0 radical (unpaired) electrons. The van der Waals surface area contributed by atoms with Gasteiger partial charge in [0.2, 0.25) is 11.8 Å². The summed E-state index contributed by atoms with van der Waals surface area (Å²) < 4.78 is 43.1. The van der Waals surface area contributed by atoms with Gasteiger partial charge in [0.05, 0.1) is 10.6 Å². The third kappa shape index (κ3) is 7.48. The molecule has 7 nitrogen and oxygen atoms in total. The number of halogens is 1. The average molecular weight is 602 g/mol. The van der Waals surface area contributed by atoms with E-state index in [9.17, 15) is 22.4 Å². The molecule has 0 saturated heterocycles. The minimum absolute atomic E-state index is 0.0325. The largest absolute Gasteiger partial charge is 0.357 e. The summed E-state index contributed by atoms with van der Waals surface area (Å²) in [5.41, 5.74) is 4.26. The van der Waals surface area contributed by atoms with E-state index in [1.807, 2.05) is 57.2 Å². The van der Waals surface area contributed by atoms with Crippen molar-refractivity contribution in [2.24, 2.45) is 0 Å². The monoisotopic (exact) mass is 601 g/mol. The van der Waals surface area contributed by atoms with Crippen molar-refractivity contribution in [2.45, 2.75) is 44.7 Å². The normalized spacial score (nSPS) is 11.9. The molecule has 0 heterocycles. The minimum atomic E-state index is -4.19. The second-order valence-electron chi connectivity index (χ2n) is 10.5. The number of likely N-dealkylation sites (N-methyl/N-ethyl adjacent to an activating group) is 1. The fraction of sp³-hybridized carbons (Fsp3) is 0.235. The van der Waals surface area contributed by atoms with Gasteiger partial charge in [-0.15, -0.1) is 0 Å². The van der Waals surface area contributed by atoms with E-state index in [2.05, 4.69) is 5.32 Å². The Morgan fingerprint density at radius 1 is 0.814 bits per heavy atom. The number of carbonyl (C=O) groups is 2. The van der Waals surface area contributed by atoms with Gasteiger partial charge >= 0.3 is 0 Å². The molecule has 0 saturated carbocycles. The lowest BCUT2D eigenvalue weighted by molar-refractivity contribution is -0.139. The molecule has 0 aliphatic rings. The van der Waals surface area contributed by atoms with Crippen LogP contribution in [0.5, 0.6) is 0 Å². The van der Waals surface area contributed by atoms with Gasteiger partial charge in [0.25, 0.3) is 10.0 Å². The maximum Gasteiger partial charge on any atom is 0.264 e. The van der Waals surface area contributed by atoms with Gasteiger partial charge < -0.3 is 10.2 Å². The molecule has 0 aliphatic carbocycles. The number of nitrogens with zero attached hydrogens (tertiary/aromatic N) is 2. The highest BCUT2D eigenvalue weighted by molar-refractivity contribution is 7.92. The highest BCUT2D eigenvalue weighted by Crippen LogP contribution is 2.29. The van der Waals surface area contributed by atoms with Gasteiger partial charge in [-0.05, 0) is 73.4 Å². The molecule has 224 valence electrons. The van der Waals surface area contributed by atoms with Crippen molar-refractivity contribution in [1.29, 1.82) is 0 Å². The summed E-state index contributed by atoms with van der Waals surface area (Å²) in [6.45, 7) is 4.96. The topological polar surface area (TPSA) is 86.8 Å². The van der Waals surface area contributed by atoms with Crippen LogP contribution in [0.3, 0.4) is 0 Å². The third-order valence-corrected chi connectivity index (χ3v) is 9.29. The first-order chi connectivity index (χ1) is 20.5. The molecule has 0 bridgehead atoms. The molecular formula is C34H36FN3O4S. The van der Waals surface area contributed by atoms with Crippen LogP contribution in [-0.2, 0) is 32.6 Å². The van der Waals surface area contributed by atoms with Crippen molar-refractivity contribution in [3.05, 3.63) is 131 Å². The molecule has 0 spiro atoms. The zero-order valence-corrected chi connectivity index (χ0v) is 25.6. The van der Waals surface area contributed by atoms with E-state index in [0.29, 0.717) is 16.8 Å². The molecule has 9 heteroatoms. The Hall–Kier alpha value is -4.50. The van der Waals surface area contributed by atoms with Crippen molar-refractivity contribution in [3.8, 4) is 0 Å². The van der Waals surface area contributed by atoms with Crippen molar-refractivity contribution in [2.75, 3.05) is 17.9 Å². The van der Waals surface area contributed by atoms with E-state index < -0.39 is 40.2 Å². The van der Waals surface area contributed by atoms with Crippen molar-refractivity contribution >= 4 is 27.5 Å². The van der Waals surface area contributed by atoms with Gasteiger partial charge in [-0.2, -0.15) is 0 Å². The highest BCUT2D eigenvalue weighted by Gasteiger charge is 2.35. The molecule has 0 aromatic heterocycles. The summed E-state index contributed by atoms with van der Waals surface area (Å²) in [4.78, 5) is 29.1. The summed E-state index contributed by atoms with van der Waals surface area (Å²) in [7, 11) is -2.70. The number of sulfonamides is 1. The van der Waals surface area contributed by atoms with E-state index in [1.54, 1.807) is 36.4 Å². The number of benzene rings is 4. The van der Waals surface area contributed by atoms with Crippen molar-refractivity contribution in [1.82, 2.24) is 10.2 Å². The third-order valence-electron chi connectivity index (χ3n) is 7.52. The summed E-state index contributed by atoms with van der Waals surface area (Å²) in [6.07, 6.45) is 0.196. The lowest BCUT2D eigenvalue weighted by atomic mass is 10.0. The second kappa shape index (κ2) is 13.6. The zero-order chi connectivity index (χ0) is 31.1. The van der Waals surface area contributed by atoms with Gasteiger partial charge in [-0.25, -0.2) is 12.8 Å². The molecule has 2 amide bonds. The van der Waals surface area contributed by atoms with E-state index >= 15 is 0 Å². The molecule has 0 fully saturated rings. The van der Waals surface area contributed by atoms with Crippen molar-refractivity contribution < 1.29 is 22.4 Å². The minimum Gasteiger partial charge on any atom is -0.357 e. The highest BCUT2D eigenvalue weighted by atomic mass is 32.2. The fourth-order valence-electron chi connectivity index (χ4n) is 4.86. The lowest BCUT2D eigenvalue weighted by Gasteiger charge is -2.34. The van der Waals surface area contributed by atoms with Gasteiger partial charge in [0, 0.05) is 20.0 Å². The van der Waals surface area contributed by atoms with Crippen LogP contribution < -0.4 is 9.62 Å². The molecule has 1 N–H and O–H groups in total. The maximum atomic E-state index is 14.3. The van der Waals surface area contributed by atoms with Crippen LogP contribution in [0.1, 0.15) is 27.8 Å². The lowest BCUT2D eigenvalue weighted by Crippen LogP contribution is -2.53. The number of hydrogen-bond acceptors (Lipinski definition) is 4. The predicted molar refractivity (Wildman–Crippen MR) is 167 cm³/mol. The number of hydrogen-bond donors (Lipinski definition) is 1. The second-order valence-corrected chi connectivity index (χ2v) is 12.4. The van der Waals surface area contributed by atoms with E-state index in [0.717, 1.165) is 21.0 Å². The average Bonchev–Trinajstić information content (AvgIpc) is 3.00. The Bertz CT molecular complexity index is 1680. The van der Waals surface area contributed by atoms with E-state index in [4.69, 9.17) is 0 Å². The number of nitrogens with one attached hydrogen (secondary N) is 1. The molecule has 4 rings (SSSR count). The Morgan fingerprint density at radius 2 is 1.47 bits per heavy atom. The van der Waals surface area contributed by atoms with E-state index in [1.165, 1.54) is 36.2 Å². The molecule has 0 unspecified atom stereocenters. The van der Waals surface area contributed by atoms with Crippen LogP contribution in [0, 0.1) is 26.6 Å². The van der Waals surface area contributed by atoms with Crippen LogP contribution in [0.2, 0.25) is 0 Å². The molecule has 4 aromatic rings. The van der Waals surface area contributed by atoms with Gasteiger partial charge in [0.1, 0.15) is 18.4 Å². The van der Waals surface area contributed by atoms with Crippen LogP contribution in [0.4, 0.5) is 10.1 Å². The maximum absolute atomic E-state index is 14.3. The standard InChI is InChI=1S/C34H36FN3O4S/c1-24-13-19-30(20-14-24)43(41,42)38(31-12-8-9-25(2)26(31)3)23-33(39)37(22-28-15-17-29(35)18-16-28)32(34(40)36-4)21-27-10-6-5-7-11-27/h5-20,32H,21-23H2,1-4H3,(H,36,40)/t32-/m0/s1. The molecule has 0 aliphatic heterocycles. The first-order valence-electron chi connectivity index (χ1n) is 14.0. The number of rotatable bonds is 11. The first-order valence-corrected chi connectivity index (χ1v) is 15.4. The van der Waals surface area contributed by atoms with Gasteiger partial charge in [-0.1, -0.05) is 72.3 Å². The fourth-order valence-corrected chi connectivity index (χ4v) is 6.34. The van der Waals surface area contributed by atoms with Crippen LogP contribution in [0.25, 0.3) is 0 Å². The van der Waals surface area contributed by atoms with Gasteiger partial charge in [0.15, 0.2) is 0 Å². The summed E-state index contributed by atoms with van der Waals surface area (Å²) in [5.74, 6) is -1.41. The van der Waals surface area contributed by atoms with Crippen LogP contribution in [0.15, 0.2) is 102 Å². The zero-order valence-electron chi connectivity index (χ0n) is 24.7. The SMILES string of the molecule is CNC(=O)[C@H](Cc1ccccc1)N(Cc1ccc(F)cc1)C(=O)CN(c1cccc(C)c1C)S(=O)(=O)c1ccc(C)cc1. The molecule has 4 aromatic carbocycles. The van der Waals surface area contributed by atoms with Crippen LogP contribution >= 0.6 is 0 Å². The predicted octanol–water partition coefficient (Wildman–Crippen LogP) is 5.33. The molecule has 43 heavy (non-hydrogen) atoms.